The second-order valence-electron chi connectivity index (χ2n) is 8.90. The van der Waals surface area contributed by atoms with Crippen LogP contribution < -0.4 is 14.8 Å². The third-order valence-electron chi connectivity index (χ3n) is 6.69. The topological polar surface area (TPSA) is 71.1 Å². The van der Waals surface area contributed by atoms with Gasteiger partial charge >= 0.3 is 6.03 Å². The van der Waals surface area contributed by atoms with E-state index in [1.807, 2.05) is 25.1 Å². The summed E-state index contributed by atoms with van der Waals surface area (Å²) in [7, 11) is 0. The predicted molar refractivity (Wildman–Crippen MR) is 134 cm³/mol. The monoisotopic (exact) mass is 489 g/mol. The number of carbonyl (C=O) groups is 2. The second-order valence-corrected chi connectivity index (χ2v) is 8.90. The summed E-state index contributed by atoms with van der Waals surface area (Å²) in [6.07, 6.45) is 0.802. The number of nitrogens with one attached hydrogen (secondary N) is 1. The number of amides is 3. The molecule has 0 atom stereocenters. The lowest BCUT2D eigenvalue weighted by atomic mass is 9.93. The molecule has 2 aliphatic heterocycles. The van der Waals surface area contributed by atoms with Gasteiger partial charge in [-0.15, -0.1) is 0 Å². The number of para-hydroxylation sites is 1. The zero-order valence-corrected chi connectivity index (χ0v) is 20.1. The normalized spacial score (nSPS) is 16.3. The first-order chi connectivity index (χ1) is 17.5. The Balaban J connectivity index is 1.33. The van der Waals surface area contributed by atoms with Crippen LogP contribution in [0.5, 0.6) is 11.5 Å². The fraction of sp³-hybridized carbons (Fsp3) is 0.286. The minimum Gasteiger partial charge on any atom is -0.494 e. The number of nitrogens with zero attached hydrogens (tertiary/aromatic N) is 2. The molecular formula is C28H28FN3O4. The Morgan fingerprint density at radius 2 is 1.72 bits per heavy atom. The number of anilines is 1. The summed E-state index contributed by atoms with van der Waals surface area (Å²) in [5.74, 6) is 0.684. The van der Waals surface area contributed by atoms with Gasteiger partial charge < -0.3 is 19.7 Å². The molecule has 1 fully saturated rings. The molecule has 2 aliphatic rings. The third kappa shape index (κ3) is 4.58. The van der Waals surface area contributed by atoms with Crippen LogP contribution in [0, 0.1) is 5.82 Å². The molecule has 1 saturated heterocycles. The van der Waals surface area contributed by atoms with Gasteiger partial charge in [-0.25, -0.2) is 9.18 Å². The van der Waals surface area contributed by atoms with Crippen molar-refractivity contribution in [1.29, 1.82) is 0 Å². The fourth-order valence-electron chi connectivity index (χ4n) is 4.77. The van der Waals surface area contributed by atoms with Crippen molar-refractivity contribution in [3.8, 4) is 11.5 Å². The van der Waals surface area contributed by atoms with Gasteiger partial charge in [-0.2, -0.15) is 0 Å². The van der Waals surface area contributed by atoms with E-state index in [1.165, 1.54) is 6.07 Å². The molecule has 0 aromatic heterocycles. The average molecular weight is 490 g/mol. The molecule has 0 aliphatic carbocycles. The van der Waals surface area contributed by atoms with Gasteiger partial charge in [0.05, 0.1) is 18.7 Å². The number of hydrogen-bond acceptors (Lipinski definition) is 4. The number of likely N-dealkylation sites (tertiary alicyclic amines) is 1. The number of benzene rings is 3. The number of halogens is 1. The molecule has 2 heterocycles. The average Bonchev–Trinajstić information content (AvgIpc) is 2.89. The number of piperidine rings is 1. The Bertz CT molecular complexity index is 1260. The minimum atomic E-state index is -0.969. The first-order valence-corrected chi connectivity index (χ1v) is 12.1. The Morgan fingerprint density at radius 1 is 1.03 bits per heavy atom. The highest BCUT2D eigenvalue weighted by molar-refractivity contribution is 5.98. The van der Waals surface area contributed by atoms with Gasteiger partial charge in [-0.05, 0) is 49.4 Å². The lowest BCUT2D eigenvalue weighted by Crippen LogP contribution is -2.63. The standard InChI is InChI=1S/C28H28FN3O4/c1-2-35-22-13-11-21(12-14-22)30-27(34)31-17-15-28(16-18-31)32(19-20-7-3-5-9-24(20)29)26(33)23-8-4-6-10-25(23)36-28/h3-14H,2,15-19H2,1H3,(H,30,34). The second kappa shape index (κ2) is 9.89. The van der Waals surface area contributed by atoms with E-state index in [1.54, 1.807) is 58.3 Å². The van der Waals surface area contributed by atoms with E-state index in [0.717, 1.165) is 5.75 Å². The molecule has 1 spiro atoms. The van der Waals surface area contributed by atoms with Crippen molar-refractivity contribution in [3.05, 3.63) is 89.7 Å². The van der Waals surface area contributed by atoms with E-state index >= 15 is 0 Å². The van der Waals surface area contributed by atoms with Crippen LogP contribution in [0.4, 0.5) is 14.9 Å². The van der Waals surface area contributed by atoms with Crippen molar-refractivity contribution in [3.63, 3.8) is 0 Å². The highest BCUT2D eigenvalue weighted by atomic mass is 19.1. The molecule has 1 N–H and O–H groups in total. The first-order valence-electron chi connectivity index (χ1n) is 12.1. The van der Waals surface area contributed by atoms with Crippen LogP contribution in [0.3, 0.4) is 0 Å². The molecule has 0 radical (unpaired) electrons. The number of hydrogen-bond donors (Lipinski definition) is 1. The number of carbonyl (C=O) groups excluding carboxylic acids is 2. The maximum Gasteiger partial charge on any atom is 0.321 e. The largest absolute Gasteiger partial charge is 0.494 e. The highest BCUT2D eigenvalue weighted by Gasteiger charge is 2.49. The molecule has 8 heteroatoms. The summed E-state index contributed by atoms with van der Waals surface area (Å²) in [4.78, 5) is 29.8. The van der Waals surface area contributed by atoms with Crippen molar-refractivity contribution in [2.24, 2.45) is 0 Å². The lowest BCUT2D eigenvalue weighted by Gasteiger charge is -2.50. The van der Waals surface area contributed by atoms with E-state index < -0.39 is 5.72 Å². The van der Waals surface area contributed by atoms with E-state index in [0.29, 0.717) is 55.1 Å². The molecular weight excluding hydrogens is 461 g/mol. The molecule has 3 aromatic rings. The van der Waals surface area contributed by atoms with Gasteiger partial charge in [0.1, 0.15) is 17.3 Å². The van der Waals surface area contributed by atoms with Crippen LogP contribution in [0.25, 0.3) is 0 Å². The molecule has 186 valence electrons. The molecule has 0 bridgehead atoms. The van der Waals surface area contributed by atoms with Crippen molar-refractivity contribution in [2.75, 3.05) is 25.0 Å². The van der Waals surface area contributed by atoms with Gasteiger partial charge in [0.15, 0.2) is 5.72 Å². The predicted octanol–water partition coefficient (Wildman–Crippen LogP) is 5.28. The Morgan fingerprint density at radius 3 is 2.44 bits per heavy atom. The van der Waals surface area contributed by atoms with Crippen LogP contribution >= 0.6 is 0 Å². The molecule has 5 rings (SSSR count). The van der Waals surface area contributed by atoms with Crippen molar-refractivity contribution >= 4 is 17.6 Å². The highest BCUT2D eigenvalue weighted by Crippen LogP contribution is 2.40. The maximum atomic E-state index is 14.5. The van der Waals surface area contributed by atoms with Crippen LogP contribution in [-0.4, -0.2) is 47.2 Å². The van der Waals surface area contributed by atoms with Gasteiger partial charge in [0.25, 0.3) is 5.91 Å². The summed E-state index contributed by atoms with van der Waals surface area (Å²) in [6.45, 7) is 3.33. The molecule has 0 unspecified atom stereocenters. The minimum absolute atomic E-state index is 0.0816. The lowest BCUT2D eigenvalue weighted by molar-refractivity contribution is -0.109. The van der Waals surface area contributed by atoms with E-state index in [-0.39, 0.29) is 24.3 Å². The van der Waals surface area contributed by atoms with Gasteiger partial charge in [-0.1, -0.05) is 30.3 Å². The molecule has 0 saturated carbocycles. The summed E-state index contributed by atoms with van der Waals surface area (Å²) >= 11 is 0. The third-order valence-corrected chi connectivity index (χ3v) is 6.69. The summed E-state index contributed by atoms with van der Waals surface area (Å²) < 4.78 is 26.4. The smallest absolute Gasteiger partial charge is 0.321 e. The molecule has 3 amide bonds. The van der Waals surface area contributed by atoms with Crippen LogP contribution in [0.15, 0.2) is 72.8 Å². The fourth-order valence-corrected chi connectivity index (χ4v) is 4.77. The Labute approximate surface area is 209 Å². The molecule has 36 heavy (non-hydrogen) atoms. The van der Waals surface area contributed by atoms with Crippen LogP contribution in [0.2, 0.25) is 0 Å². The SMILES string of the molecule is CCOc1ccc(NC(=O)N2CCC3(CC2)Oc2ccccc2C(=O)N3Cc2ccccc2F)cc1. The van der Waals surface area contributed by atoms with E-state index in [9.17, 15) is 14.0 Å². The Hall–Kier alpha value is -4.07. The number of urea groups is 1. The number of ether oxygens (including phenoxy) is 2. The number of fused-ring (bicyclic) bond motifs is 1. The summed E-state index contributed by atoms with van der Waals surface area (Å²) in [5, 5.41) is 2.92. The first kappa shape index (κ1) is 23.7. The van der Waals surface area contributed by atoms with Crippen molar-refractivity contribution < 1.29 is 23.5 Å². The zero-order valence-electron chi connectivity index (χ0n) is 20.1. The van der Waals surface area contributed by atoms with Crippen LogP contribution in [0.1, 0.15) is 35.7 Å². The quantitative estimate of drug-likeness (QED) is 0.529. The van der Waals surface area contributed by atoms with Gasteiger partial charge in [0.2, 0.25) is 0 Å². The summed E-state index contributed by atoms with van der Waals surface area (Å²) in [5.41, 5.74) is 0.575. The number of rotatable bonds is 5. The zero-order chi connectivity index (χ0) is 25.1. The van der Waals surface area contributed by atoms with Crippen LogP contribution in [-0.2, 0) is 6.54 Å². The van der Waals surface area contributed by atoms with Gasteiger partial charge in [-0.3, -0.25) is 9.69 Å². The van der Waals surface area contributed by atoms with Crippen molar-refractivity contribution in [2.45, 2.75) is 32.0 Å². The molecule has 3 aromatic carbocycles. The van der Waals surface area contributed by atoms with Gasteiger partial charge in [0, 0.05) is 37.2 Å². The maximum absolute atomic E-state index is 14.5. The summed E-state index contributed by atoms with van der Waals surface area (Å²) in [6, 6.07) is 20.5. The Kier molecular flexibility index (Phi) is 6.50. The van der Waals surface area contributed by atoms with E-state index in [4.69, 9.17) is 9.47 Å². The van der Waals surface area contributed by atoms with E-state index in [2.05, 4.69) is 5.32 Å². The van der Waals surface area contributed by atoms with Crippen molar-refractivity contribution in [1.82, 2.24) is 9.80 Å². The molecule has 7 nitrogen and oxygen atoms in total.